The lowest BCUT2D eigenvalue weighted by atomic mass is 9.84. The van der Waals surface area contributed by atoms with E-state index in [1.54, 1.807) is 48.5 Å². The zero-order valence-electron chi connectivity index (χ0n) is 22.6. The Morgan fingerprint density at radius 2 is 1.63 bits per heavy atom. The number of carbonyl (C=O) groups is 2. The Morgan fingerprint density at radius 1 is 1.00 bits per heavy atom. The molecule has 1 amide bonds. The Kier molecular flexibility index (Phi) is 7.15. The minimum Gasteiger partial charge on any atom is -0.507 e. The molecule has 1 N–H and O–H groups in total. The standard InChI is InChI=1S/C32H32N2O4/c1-19(2)38-25-15-10-22(11-16-25)28-27(29(35)26-17-23(32(4,5)6)12-7-20(26)3)30(36)31(37)34(28)24-13-8-21(18-33)9-14-24/h7-17,19,28,35H,1-6H3/b29-27+. The van der Waals surface area contributed by atoms with E-state index in [1.807, 2.05) is 39.0 Å². The van der Waals surface area contributed by atoms with Crippen LogP contribution >= 0.6 is 0 Å². The van der Waals surface area contributed by atoms with E-state index in [4.69, 9.17) is 4.74 Å². The number of ether oxygens (including phenoxy) is 1. The highest BCUT2D eigenvalue weighted by molar-refractivity contribution is 6.51. The highest BCUT2D eigenvalue weighted by Crippen LogP contribution is 2.43. The van der Waals surface area contributed by atoms with Crippen LogP contribution in [-0.4, -0.2) is 22.9 Å². The number of Topliss-reactive ketones (excluding diaryl/α,β-unsaturated/α-hetero) is 1. The van der Waals surface area contributed by atoms with Crippen molar-refractivity contribution < 1.29 is 19.4 Å². The molecule has 0 aromatic heterocycles. The Hall–Kier alpha value is -4.37. The molecule has 0 aliphatic carbocycles. The van der Waals surface area contributed by atoms with Gasteiger partial charge in [0, 0.05) is 11.3 Å². The van der Waals surface area contributed by atoms with Crippen molar-refractivity contribution in [3.63, 3.8) is 0 Å². The molecule has 0 bridgehead atoms. The third kappa shape index (κ3) is 5.05. The highest BCUT2D eigenvalue weighted by atomic mass is 16.5. The summed E-state index contributed by atoms with van der Waals surface area (Å²) < 4.78 is 5.78. The maximum atomic E-state index is 13.5. The van der Waals surface area contributed by atoms with E-state index in [1.165, 1.54) is 4.90 Å². The fourth-order valence-corrected chi connectivity index (χ4v) is 4.60. The average molecular weight is 509 g/mol. The van der Waals surface area contributed by atoms with Crippen molar-refractivity contribution in [1.82, 2.24) is 0 Å². The minimum atomic E-state index is -0.867. The van der Waals surface area contributed by atoms with Crippen LogP contribution in [0.15, 0.2) is 72.3 Å². The van der Waals surface area contributed by atoms with Gasteiger partial charge in [-0.15, -0.1) is 0 Å². The first-order valence-electron chi connectivity index (χ1n) is 12.6. The van der Waals surface area contributed by atoms with Crippen molar-refractivity contribution >= 4 is 23.1 Å². The second-order valence-electron chi connectivity index (χ2n) is 10.8. The molecule has 1 atom stereocenters. The molecule has 0 radical (unpaired) electrons. The van der Waals surface area contributed by atoms with E-state index < -0.39 is 17.7 Å². The van der Waals surface area contributed by atoms with Crippen LogP contribution in [0.3, 0.4) is 0 Å². The van der Waals surface area contributed by atoms with Crippen LogP contribution in [0.25, 0.3) is 5.76 Å². The zero-order chi connectivity index (χ0) is 27.8. The normalized spacial score (nSPS) is 17.1. The molecule has 194 valence electrons. The van der Waals surface area contributed by atoms with Crippen molar-refractivity contribution in [2.75, 3.05) is 4.90 Å². The van der Waals surface area contributed by atoms with Crippen LogP contribution in [0.2, 0.25) is 0 Å². The van der Waals surface area contributed by atoms with Crippen LogP contribution in [0.1, 0.15) is 68.5 Å². The van der Waals surface area contributed by atoms with E-state index in [-0.39, 0.29) is 22.9 Å². The molecule has 3 aromatic carbocycles. The number of aliphatic hydroxyl groups excluding tert-OH is 1. The predicted octanol–water partition coefficient (Wildman–Crippen LogP) is 6.58. The van der Waals surface area contributed by atoms with E-state index >= 15 is 0 Å². The van der Waals surface area contributed by atoms with E-state index in [9.17, 15) is 20.0 Å². The summed E-state index contributed by atoms with van der Waals surface area (Å²) in [5.41, 5.74) is 3.69. The van der Waals surface area contributed by atoms with Gasteiger partial charge >= 0.3 is 0 Å². The number of carbonyl (C=O) groups excluding carboxylic acids is 2. The fraction of sp³-hybridized carbons (Fsp3) is 0.281. The highest BCUT2D eigenvalue weighted by Gasteiger charge is 2.47. The van der Waals surface area contributed by atoms with Crippen molar-refractivity contribution in [1.29, 1.82) is 5.26 Å². The second-order valence-corrected chi connectivity index (χ2v) is 10.8. The Labute approximate surface area is 223 Å². The summed E-state index contributed by atoms with van der Waals surface area (Å²) in [5.74, 6) is -1.06. The summed E-state index contributed by atoms with van der Waals surface area (Å²) in [7, 11) is 0. The summed E-state index contributed by atoms with van der Waals surface area (Å²) in [6.45, 7) is 12.0. The fourth-order valence-electron chi connectivity index (χ4n) is 4.60. The number of hydrogen-bond donors (Lipinski definition) is 1. The molecule has 1 aliphatic rings. The number of amides is 1. The van der Waals surface area contributed by atoms with E-state index in [0.717, 1.165) is 11.1 Å². The van der Waals surface area contributed by atoms with Crippen molar-refractivity contribution in [3.05, 3.63) is 100 Å². The molecule has 0 spiro atoms. The van der Waals surface area contributed by atoms with Gasteiger partial charge < -0.3 is 9.84 Å². The van der Waals surface area contributed by atoms with Crippen molar-refractivity contribution in [2.24, 2.45) is 0 Å². The number of nitriles is 1. The number of ketones is 1. The first-order valence-corrected chi connectivity index (χ1v) is 12.6. The van der Waals surface area contributed by atoms with Gasteiger partial charge in [-0.1, -0.05) is 45.0 Å². The van der Waals surface area contributed by atoms with Gasteiger partial charge in [0.2, 0.25) is 0 Å². The lowest BCUT2D eigenvalue weighted by Gasteiger charge is -2.26. The first kappa shape index (κ1) is 26.7. The van der Waals surface area contributed by atoms with Crippen LogP contribution in [0.5, 0.6) is 5.75 Å². The van der Waals surface area contributed by atoms with Gasteiger partial charge in [-0.2, -0.15) is 5.26 Å². The van der Waals surface area contributed by atoms with Crippen LogP contribution in [-0.2, 0) is 15.0 Å². The van der Waals surface area contributed by atoms with Gasteiger partial charge in [-0.05, 0) is 85.3 Å². The zero-order valence-corrected chi connectivity index (χ0v) is 22.6. The lowest BCUT2D eigenvalue weighted by molar-refractivity contribution is -0.132. The predicted molar refractivity (Wildman–Crippen MR) is 148 cm³/mol. The maximum absolute atomic E-state index is 13.5. The maximum Gasteiger partial charge on any atom is 0.300 e. The van der Waals surface area contributed by atoms with Crippen molar-refractivity contribution in [2.45, 2.75) is 59.1 Å². The molecule has 1 aliphatic heterocycles. The summed E-state index contributed by atoms with van der Waals surface area (Å²) in [5, 5.41) is 20.9. The number of hydrogen-bond acceptors (Lipinski definition) is 5. The monoisotopic (exact) mass is 508 g/mol. The second kappa shape index (κ2) is 10.2. The Balaban J connectivity index is 1.93. The van der Waals surface area contributed by atoms with Gasteiger partial charge in [-0.3, -0.25) is 14.5 Å². The molecular weight excluding hydrogens is 476 g/mol. The molecule has 4 rings (SSSR count). The molecule has 1 heterocycles. The Bertz CT molecular complexity index is 1450. The number of aliphatic hydroxyl groups is 1. The van der Waals surface area contributed by atoms with Gasteiger partial charge in [-0.25, -0.2) is 0 Å². The van der Waals surface area contributed by atoms with Gasteiger partial charge in [0.25, 0.3) is 11.7 Å². The number of benzene rings is 3. The number of rotatable bonds is 5. The smallest absolute Gasteiger partial charge is 0.300 e. The molecule has 38 heavy (non-hydrogen) atoms. The molecule has 3 aromatic rings. The van der Waals surface area contributed by atoms with Gasteiger partial charge in [0.05, 0.1) is 29.4 Å². The molecule has 1 unspecified atom stereocenters. The third-order valence-electron chi connectivity index (χ3n) is 6.65. The van der Waals surface area contributed by atoms with Crippen LogP contribution in [0, 0.1) is 18.3 Å². The topological polar surface area (TPSA) is 90.6 Å². The van der Waals surface area contributed by atoms with E-state index in [2.05, 4.69) is 26.8 Å². The summed E-state index contributed by atoms with van der Waals surface area (Å²) >= 11 is 0. The number of aryl methyl sites for hydroxylation is 1. The first-order chi connectivity index (χ1) is 17.9. The SMILES string of the molecule is Cc1ccc(C(C)(C)C)cc1/C(O)=C1\C(=O)C(=O)N(c2ccc(C#N)cc2)C1c1ccc(OC(C)C)cc1. The molecule has 1 saturated heterocycles. The van der Waals surface area contributed by atoms with Crippen molar-refractivity contribution in [3.8, 4) is 11.8 Å². The quantitative estimate of drug-likeness (QED) is 0.239. The van der Waals surface area contributed by atoms with Gasteiger partial charge in [0.15, 0.2) is 0 Å². The summed E-state index contributed by atoms with van der Waals surface area (Å²) in [6, 6.07) is 20.7. The summed E-state index contributed by atoms with van der Waals surface area (Å²) in [6.07, 6.45) is -0.0109. The molecule has 1 fully saturated rings. The lowest BCUT2D eigenvalue weighted by Crippen LogP contribution is -2.29. The third-order valence-corrected chi connectivity index (χ3v) is 6.65. The van der Waals surface area contributed by atoms with E-state index in [0.29, 0.717) is 28.1 Å². The van der Waals surface area contributed by atoms with Crippen LogP contribution < -0.4 is 9.64 Å². The number of nitrogens with zero attached hydrogens (tertiary/aromatic N) is 2. The van der Waals surface area contributed by atoms with Crippen LogP contribution in [0.4, 0.5) is 5.69 Å². The molecule has 0 saturated carbocycles. The average Bonchev–Trinajstić information content (AvgIpc) is 3.13. The molecular formula is C32H32N2O4. The number of anilines is 1. The molecule has 6 heteroatoms. The Morgan fingerprint density at radius 3 is 2.18 bits per heavy atom. The minimum absolute atomic E-state index is 0.0109. The van der Waals surface area contributed by atoms with Gasteiger partial charge in [0.1, 0.15) is 11.5 Å². The largest absolute Gasteiger partial charge is 0.507 e. The molecule has 6 nitrogen and oxygen atoms in total. The summed E-state index contributed by atoms with van der Waals surface area (Å²) in [4.78, 5) is 28.4.